The molecule has 0 saturated heterocycles. The van der Waals surface area contributed by atoms with Gasteiger partial charge < -0.3 is 10.1 Å². The molecule has 1 fully saturated rings. The van der Waals surface area contributed by atoms with E-state index in [1.54, 1.807) is 12.3 Å². The minimum absolute atomic E-state index is 0.164. The summed E-state index contributed by atoms with van der Waals surface area (Å²) in [4.78, 5) is 26.5. The van der Waals surface area contributed by atoms with Gasteiger partial charge in [-0.05, 0) is 50.5 Å². The van der Waals surface area contributed by atoms with Gasteiger partial charge in [0.15, 0.2) is 0 Å². The predicted molar refractivity (Wildman–Crippen MR) is 111 cm³/mol. The summed E-state index contributed by atoms with van der Waals surface area (Å²) in [6, 6.07) is 5.75. The number of rotatable bonds is 6. The molecule has 0 radical (unpaired) electrons. The minimum Gasteiger partial charge on any atom is -0.374 e. The van der Waals surface area contributed by atoms with Crippen molar-refractivity contribution in [1.29, 1.82) is 0 Å². The lowest BCUT2D eigenvalue weighted by molar-refractivity contribution is 0.112. The molecule has 2 heterocycles. The molecule has 1 aliphatic rings. The molecule has 1 aliphatic carbocycles. The summed E-state index contributed by atoms with van der Waals surface area (Å²) in [5.41, 5.74) is 4.04. The maximum absolute atomic E-state index is 12.2. The van der Waals surface area contributed by atoms with Crippen LogP contribution in [0.25, 0.3) is 10.9 Å². The zero-order valence-corrected chi connectivity index (χ0v) is 16.7. The molecular weight excluding hydrogens is 368 g/mol. The maximum Gasteiger partial charge on any atom is 0.252 e. The van der Waals surface area contributed by atoms with Crippen molar-refractivity contribution in [3.8, 4) is 0 Å². The number of aromatic nitrogens is 3. The van der Waals surface area contributed by atoms with Gasteiger partial charge in [0.2, 0.25) is 0 Å². The van der Waals surface area contributed by atoms with Gasteiger partial charge in [0.1, 0.15) is 12.5 Å². The van der Waals surface area contributed by atoms with Crippen LogP contribution in [-0.4, -0.2) is 26.2 Å². The molecule has 0 aliphatic heterocycles. The Morgan fingerprint density at radius 1 is 1.31 bits per heavy atom. The first kappa shape index (κ1) is 19.5. The number of aromatic amines is 1. The largest absolute Gasteiger partial charge is 0.374 e. The lowest BCUT2D eigenvalue weighted by Crippen LogP contribution is -2.26. The molecule has 1 unspecified atom stereocenters. The average molecular weight is 394 g/mol. The lowest BCUT2D eigenvalue weighted by Gasteiger charge is -2.17. The fourth-order valence-corrected chi connectivity index (χ4v) is 4.34. The van der Waals surface area contributed by atoms with Gasteiger partial charge in [-0.2, -0.15) is 5.10 Å². The number of carbonyl (C=O) groups is 1. The number of nitrogens with zero attached hydrogens (tertiary/aromatic N) is 2. The Balaban J connectivity index is 1.66. The summed E-state index contributed by atoms with van der Waals surface area (Å²) in [5, 5.41) is 19.2. The van der Waals surface area contributed by atoms with Crippen molar-refractivity contribution in [1.82, 2.24) is 20.1 Å². The van der Waals surface area contributed by atoms with Crippen LogP contribution in [-0.2, 0) is 6.54 Å². The van der Waals surface area contributed by atoms with Gasteiger partial charge in [-0.15, -0.1) is 0 Å². The molecule has 7 heteroatoms. The summed E-state index contributed by atoms with van der Waals surface area (Å²) in [7, 11) is 0. The van der Waals surface area contributed by atoms with Crippen LogP contribution in [0, 0.1) is 13.8 Å². The quantitative estimate of drug-likeness (QED) is 0.441. The zero-order chi connectivity index (χ0) is 20.5. The van der Waals surface area contributed by atoms with Gasteiger partial charge in [-0.3, -0.25) is 19.6 Å². The third kappa shape index (κ3) is 3.75. The van der Waals surface area contributed by atoms with Crippen molar-refractivity contribution < 1.29 is 9.90 Å². The van der Waals surface area contributed by atoms with Crippen LogP contribution in [0.15, 0.2) is 29.2 Å². The molecular formula is C22H26N4O3. The van der Waals surface area contributed by atoms with E-state index in [9.17, 15) is 14.7 Å². The number of benzene rings is 1. The number of aryl methyl sites for hydroxylation is 2. The predicted octanol–water partition coefficient (Wildman–Crippen LogP) is 3.05. The highest BCUT2D eigenvalue weighted by Crippen LogP contribution is 2.33. The van der Waals surface area contributed by atoms with E-state index in [2.05, 4.69) is 15.4 Å². The van der Waals surface area contributed by atoms with Gasteiger partial charge in [0.05, 0.1) is 17.8 Å². The highest BCUT2D eigenvalue weighted by atomic mass is 16.3. The van der Waals surface area contributed by atoms with E-state index >= 15 is 0 Å². The fourth-order valence-electron chi connectivity index (χ4n) is 4.34. The molecule has 1 saturated carbocycles. The van der Waals surface area contributed by atoms with Crippen molar-refractivity contribution in [2.24, 2.45) is 0 Å². The highest BCUT2D eigenvalue weighted by Gasteiger charge is 2.22. The molecule has 0 amide bonds. The van der Waals surface area contributed by atoms with Gasteiger partial charge >= 0.3 is 0 Å². The maximum atomic E-state index is 12.2. The fraction of sp³-hybridized carbons (Fsp3) is 0.409. The van der Waals surface area contributed by atoms with Crippen molar-refractivity contribution in [2.45, 2.75) is 58.3 Å². The Kier molecular flexibility index (Phi) is 5.34. The number of aliphatic hydroxyl groups is 1. The topological polar surface area (TPSA) is 100 Å². The Morgan fingerprint density at radius 2 is 2.07 bits per heavy atom. The van der Waals surface area contributed by atoms with Crippen LogP contribution in [0.5, 0.6) is 0 Å². The van der Waals surface area contributed by atoms with Crippen LogP contribution in [0.4, 0.5) is 0 Å². The van der Waals surface area contributed by atoms with E-state index in [-0.39, 0.29) is 12.1 Å². The third-order valence-corrected chi connectivity index (χ3v) is 5.84. The zero-order valence-electron chi connectivity index (χ0n) is 16.7. The van der Waals surface area contributed by atoms with E-state index < -0.39 is 6.23 Å². The summed E-state index contributed by atoms with van der Waals surface area (Å²) in [5.74, 6) is 0. The third-order valence-electron chi connectivity index (χ3n) is 5.84. The molecule has 3 N–H and O–H groups in total. The van der Waals surface area contributed by atoms with E-state index in [1.165, 1.54) is 12.8 Å². The van der Waals surface area contributed by atoms with Crippen LogP contribution in [0.2, 0.25) is 0 Å². The van der Waals surface area contributed by atoms with Crippen LogP contribution in [0.1, 0.15) is 70.7 Å². The van der Waals surface area contributed by atoms with Crippen molar-refractivity contribution >= 4 is 17.2 Å². The Bertz CT molecular complexity index is 1110. The average Bonchev–Trinajstić information content (AvgIpc) is 3.35. The van der Waals surface area contributed by atoms with Gasteiger partial charge in [0.25, 0.3) is 5.56 Å². The Morgan fingerprint density at radius 3 is 2.76 bits per heavy atom. The first-order valence-electron chi connectivity index (χ1n) is 10.0. The summed E-state index contributed by atoms with van der Waals surface area (Å²) in [6.45, 7) is 3.93. The normalized spacial score (nSPS) is 15.8. The van der Waals surface area contributed by atoms with E-state index in [4.69, 9.17) is 0 Å². The Hall–Kier alpha value is -2.77. The SMILES string of the molecule is Cc1cc(C)c(CNC(O)c2cc(C=O)cc3c2cnn3C2CCCC2)c(=O)[nH]1. The number of nitrogens with one attached hydrogen (secondary N) is 2. The number of H-pyrrole nitrogens is 1. The highest BCUT2D eigenvalue weighted by molar-refractivity contribution is 5.89. The monoisotopic (exact) mass is 394 g/mol. The number of hydrogen-bond donors (Lipinski definition) is 3. The number of pyridine rings is 1. The number of hydrogen-bond acceptors (Lipinski definition) is 5. The molecule has 1 atom stereocenters. The Labute approximate surface area is 168 Å². The van der Waals surface area contributed by atoms with E-state index in [1.807, 2.05) is 30.7 Å². The van der Waals surface area contributed by atoms with E-state index in [0.29, 0.717) is 22.7 Å². The summed E-state index contributed by atoms with van der Waals surface area (Å²) < 4.78 is 1.99. The first-order valence-corrected chi connectivity index (χ1v) is 10.0. The van der Waals surface area contributed by atoms with E-state index in [0.717, 1.165) is 41.3 Å². The van der Waals surface area contributed by atoms with Gasteiger partial charge in [0, 0.05) is 34.3 Å². The number of aldehydes is 1. The molecule has 4 rings (SSSR count). The molecule has 7 nitrogen and oxygen atoms in total. The van der Waals surface area contributed by atoms with Gasteiger partial charge in [-0.1, -0.05) is 12.8 Å². The second-order valence-electron chi connectivity index (χ2n) is 7.91. The second-order valence-corrected chi connectivity index (χ2v) is 7.91. The van der Waals surface area contributed by atoms with Crippen LogP contribution in [0.3, 0.4) is 0 Å². The van der Waals surface area contributed by atoms with Crippen LogP contribution >= 0.6 is 0 Å². The first-order chi connectivity index (χ1) is 14.0. The number of fused-ring (bicyclic) bond motifs is 1. The minimum atomic E-state index is -1.03. The molecule has 3 aromatic rings. The number of carbonyl (C=O) groups excluding carboxylic acids is 1. The number of aliphatic hydroxyl groups excluding tert-OH is 1. The summed E-state index contributed by atoms with van der Waals surface area (Å²) >= 11 is 0. The second kappa shape index (κ2) is 7.93. The summed E-state index contributed by atoms with van der Waals surface area (Å²) in [6.07, 6.45) is 6.03. The van der Waals surface area contributed by atoms with Crippen molar-refractivity contribution in [3.63, 3.8) is 0 Å². The van der Waals surface area contributed by atoms with Crippen molar-refractivity contribution in [3.05, 3.63) is 62.7 Å². The van der Waals surface area contributed by atoms with Gasteiger partial charge in [-0.25, -0.2) is 0 Å². The molecule has 2 aromatic heterocycles. The molecule has 0 bridgehead atoms. The molecule has 152 valence electrons. The molecule has 0 spiro atoms. The standard InChI is InChI=1S/C22H26N4O3/c1-13-7-14(2)25-22(29)18(13)10-23-21(28)17-8-15(12-27)9-20-19(17)11-24-26(20)16-5-3-4-6-16/h7-9,11-12,16,21,23,28H,3-6,10H2,1-2H3,(H,25,29). The van der Waals surface area contributed by atoms with Crippen molar-refractivity contribution in [2.75, 3.05) is 0 Å². The molecule has 29 heavy (non-hydrogen) atoms. The lowest BCUT2D eigenvalue weighted by atomic mass is 10.0. The smallest absolute Gasteiger partial charge is 0.252 e. The molecule has 1 aromatic carbocycles. The van der Waals surface area contributed by atoms with Crippen LogP contribution < -0.4 is 10.9 Å².